The van der Waals surface area contributed by atoms with E-state index in [1.165, 1.54) is 7.11 Å². The van der Waals surface area contributed by atoms with Gasteiger partial charge in [0.2, 0.25) is 5.13 Å². The number of methoxy groups -OCH3 is 1. The third-order valence-electron chi connectivity index (χ3n) is 4.03. The standard InChI is InChI=1S/C14H18N6O3S/c1-7-10(8(2)17-16-7)9-5-4-6-20(9)12(22)11(21)15-13-18-19-14(23-3)24-13/h9H,4-6H2,1-3H3,(H,16,17)(H,15,18,21). The zero-order valence-corrected chi connectivity index (χ0v) is 14.4. The molecule has 1 aliphatic rings. The molecule has 9 nitrogen and oxygen atoms in total. The van der Waals surface area contributed by atoms with E-state index >= 15 is 0 Å². The van der Waals surface area contributed by atoms with Crippen molar-refractivity contribution in [2.45, 2.75) is 32.7 Å². The van der Waals surface area contributed by atoms with Crippen molar-refractivity contribution < 1.29 is 14.3 Å². The molecule has 0 aliphatic carbocycles. The van der Waals surface area contributed by atoms with E-state index in [9.17, 15) is 9.59 Å². The van der Waals surface area contributed by atoms with Crippen LogP contribution in [0, 0.1) is 13.8 Å². The predicted octanol–water partition coefficient (Wildman–Crippen LogP) is 1.19. The van der Waals surface area contributed by atoms with Crippen LogP contribution in [0.4, 0.5) is 5.13 Å². The molecule has 0 aromatic carbocycles. The maximum Gasteiger partial charge on any atom is 0.315 e. The number of anilines is 1. The van der Waals surface area contributed by atoms with Crippen molar-refractivity contribution in [2.75, 3.05) is 19.0 Å². The first kappa shape index (κ1) is 16.4. The van der Waals surface area contributed by atoms with Gasteiger partial charge in [0, 0.05) is 17.8 Å². The molecule has 0 bridgehead atoms. The average Bonchev–Trinajstić information content (AvgIpc) is 3.27. The molecule has 1 saturated heterocycles. The lowest BCUT2D eigenvalue weighted by Gasteiger charge is -2.24. The zero-order valence-electron chi connectivity index (χ0n) is 13.6. The highest BCUT2D eigenvalue weighted by atomic mass is 32.1. The number of carbonyl (C=O) groups excluding carboxylic acids is 2. The van der Waals surface area contributed by atoms with E-state index in [0.29, 0.717) is 11.7 Å². The Balaban J connectivity index is 1.74. The van der Waals surface area contributed by atoms with E-state index in [-0.39, 0.29) is 11.2 Å². The SMILES string of the molecule is COc1nnc(NC(=O)C(=O)N2CCCC2c2c(C)n[nH]c2C)s1. The lowest BCUT2D eigenvalue weighted by Crippen LogP contribution is -2.39. The second-order valence-corrected chi connectivity index (χ2v) is 6.48. The van der Waals surface area contributed by atoms with Crippen molar-refractivity contribution in [3.63, 3.8) is 0 Å². The Labute approximate surface area is 142 Å². The van der Waals surface area contributed by atoms with Crippen molar-refractivity contribution in [2.24, 2.45) is 0 Å². The number of ether oxygens (including phenoxy) is 1. The number of H-pyrrole nitrogens is 1. The first-order valence-electron chi connectivity index (χ1n) is 7.52. The number of carbonyl (C=O) groups is 2. The summed E-state index contributed by atoms with van der Waals surface area (Å²) in [7, 11) is 1.46. The van der Waals surface area contributed by atoms with E-state index in [4.69, 9.17) is 4.74 Å². The lowest BCUT2D eigenvalue weighted by molar-refractivity contribution is -0.143. The van der Waals surface area contributed by atoms with Gasteiger partial charge in [-0.05, 0) is 38.0 Å². The minimum absolute atomic E-state index is 0.133. The Morgan fingerprint density at radius 3 is 2.79 bits per heavy atom. The van der Waals surface area contributed by atoms with Crippen molar-refractivity contribution in [1.29, 1.82) is 0 Å². The number of amides is 2. The van der Waals surface area contributed by atoms with Gasteiger partial charge in [-0.3, -0.25) is 20.0 Å². The van der Waals surface area contributed by atoms with Crippen molar-refractivity contribution in [3.8, 4) is 5.19 Å². The van der Waals surface area contributed by atoms with Crippen LogP contribution in [0.3, 0.4) is 0 Å². The monoisotopic (exact) mass is 350 g/mol. The van der Waals surface area contributed by atoms with Gasteiger partial charge in [-0.25, -0.2) is 0 Å². The molecular formula is C14H18N6O3S. The van der Waals surface area contributed by atoms with E-state index in [2.05, 4.69) is 25.7 Å². The van der Waals surface area contributed by atoms with Gasteiger partial charge in [-0.15, -0.1) is 5.10 Å². The zero-order chi connectivity index (χ0) is 17.3. The summed E-state index contributed by atoms with van der Waals surface area (Å²) in [6, 6.07) is -0.133. The quantitative estimate of drug-likeness (QED) is 0.804. The van der Waals surface area contributed by atoms with E-state index < -0.39 is 11.8 Å². The highest BCUT2D eigenvalue weighted by Gasteiger charge is 2.36. The van der Waals surface area contributed by atoms with Gasteiger partial charge >= 0.3 is 11.8 Å². The summed E-state index contributed by atoms with van der Waals surface area (Å²) < 4.78 is 4.92. The molecule has 1 aliphatic heterocycles. The summed E-state index contributed by atoms with van der Waals surface area (Å²) >= 11 is 1.06. The third-order valence-corrected chi connectivity index (χ3v) is 4.83. The van der Waals surface area contributed by atoms with Gasteiger partial charge in [0.15, 0.2) is 0 Å². The molecule has 2 N–H and O–H groups in total. The molecule has 1 unspecified atom stereocenters. The summed E-state index contributed by atoms with van der Waals surface area (Å²) in [5, 5.41) is 17.6. The smallest absolute Gasteiger partial charge is 0.315 e. The number of hydrogen-bond acceptors (Lipinski definition) is 7. The topological polar surface area (TPSA) is 113 Å². The first-order valence-corrected chi connectivity index (χ1v) is 8.33. The van der Waals surface area contributed by atoms with E-state index in [1.54, 1.807) is 4.90 Å². The molecule has 2 aromatic rings. The molecule has 10 heteroatoms. The minimum Gasteiger partial charge on any atom is -0.472 e. The number of hydrogen-bond donors (Lipinski definition) is 2. The first-order chi connectivity index (χ1) is 11.5. The molecular weight excluding hydrogens is 332 g/mol. The highest BCUT2D eigenvalue weighted by molar-refractivity contribution is 7.17. The molecule has 24 heavy (non-hydrogen) atoms. The largest absolute Gasteiger partial charge is 0.472 e. The van der Waals surface area contributed by atoms with Crippen LogP contribution in [0.5, 0.6) is 5.19 Å². The Bertz CT molecular complexity index is 751. The molecule has 1 fully saturated rings. The Morgan fingerprint density at radius 2 is 2.17 bits per heavy atom. The van der Waals surface area contributed by atoms with Crippen LogP contribution in [0.25, 0.3) is 0 Å². The minimum atomic E-state index is -0.723. The number of nitrogens with one attached hydrogen (secondary N) is 2. The molecule has 2 amide bonds. The highest BCUT2D eigenvalue weighted by Crippen LogP contribution is 2.35. The summed E-state index contributed by atoms with van der Waals surface area (Å²) in [5.41, 5.74) is 2.77. The fraction of sp³-hybridized carbons (Fsp3) is 0.500. The number of aromatic nitrogens is 4. The summed E-state index contributed by atoms with van der Waals surface area (Å²) in [6.45, 7) is 4.36. The number of aryl methyl sites for hydroxylation is 2. The number of nitrogens with zero attached hydrogens (tertiary/aromatic N) is 4. The summed E-state index contributed by atoms with van der Waals surface area (Å²) in [4.78, 5) is 26.4. The van der Waals surface area contributed by atoms with Crippen LogP contribution in [0.1, 0.15) is 35.8 Å². The van der Waals surface area contributed by atoms with Gasteiger partial charge in [0.1, 0.15) is 0 Å². The van der Waals surface area contributed by atoms with Gasteiger partial charge in [0.05, 0.1) is 18.8 Å². The second kappa shape index (κ2) is 6.56. The maximum atomic E-state index is 12.6. The van der Waals surface area contributed by atoms with Crippen LogP contribution >= 0.6 is 11.3 Å². The van der Waals surface area contributed by atoms with Crippen LogP contribution in [0.15, 0.2) is 0 Å². The Hall–Kier alpha value is -2.49. The molecule has 0 spiro atoms. The van der Waals surface area contributed by atoms with Crippen LogP contribution in [-0.4, -0.2) is 50.8 Å². The number of likely N-dealkylation sites (tertiary alicyclic amines) is 1. The summed E-state index contributed by atoms with van der Waals surface area (Å²) in [6.07, 6.45) is 1.66. The van der Waals surface area contributed by atoms with Crippen molar-refractivity contribution in [3.05, 3.63) is 17.0 Å². The molecule has 0 saturated carbocycles. The molecule has 128 valence electrons. The molecule has 3 heterocycles. The Kier molecular flexibility index (Phi) is 4.47. The maximum absolute atomic E-state index is 12.6. The average molecular weight is 350 g/mol. The van der Waals surface area contributed by atoms with Crippen LogP contribution in [0.2, 0.25) is 0 Å². The van der Waals surface area contributed by atoms with Crippen LogP contribution in [-0.2, 0) is 9.59 Å². The van der Waals surface area contributed by atoms with E-state index in [1.807, 2.05) is 13.8 Å². The lowest BCUT2D eigenvalue weighted by atomic mass is 10.0. The fourth-order valence-corrected chi connectivity index (χ4v) is 3.54. The third kappa shape index (κ3) is 2.96. The normalized spacial score (nSPS) is 17.1. The van der Waals surface area contributed by atoms with Gasteiger partial charge in [0.25, 0.3) is 5.19 Å². The predicted molar refractivity (Wildman–Crippen MR) is 86.8 cm³/mol. The van der Waals surface area contributed by atoms with E-state index in [0.717, 1.165) is 41.1 Å². The fourth-order valence-electron chi connectivity index (χ4n) is 2.98. The molecule has 3 rings (SSSR count). The molecule has 2 aromatic heterocycles. The number of aromatic amines is 1. The van der Waals surface area contributed by atoms with Gasteiger partial charge in [-0.1, -0.05) is 5.10 Å². The van der Waals surface area contributed by atoms with Crippen molar-refractivity contribution >= 4 is 28.3 Å². The van der Waals surface area contributed by atoms with Gasteiger partial charge in [-0.2, -0.15) is 5.10 Å². The molecule has 1 atom stereocenters. The van der Waals surface area contributed by atoms with Gasteiger partial charge < -0.3 is 9.64 Å². The second-order valence-electron chi connectivity index (χ2n) is 5.54. The molecule has 0 radical (unpaired) electrons. The summed E-state index contributed by atoms with van der Waals surface area (Å²) in [5.74, 6) is -1.30. The van der Waals surface area contributed by atoms with Crippen molar-refractivity contribution in [1.82, 2.24) is 25.3 Å². The Morgan fingerprint density at radius 1 is 1.38 bits per heavy atom. The number of rotatable bonds is 3. The van der Waals surface area contributed by atoms with Crippen LogP contribution < -0.4 is 10.1 Å².